The number of hydrogen-bond donors (Lipinski definition) is 2. The summed E-state index contributed by atoms with van der Waals surface area (Å²) in [5.74, 6) is 0. The fraction of sp³-hybridized carbons (Fsp3) is 0.182. The molecule has 18 heavy (non-hydrogen) atoms. The number of hydrogen-bond acceptors (Lipinski definition) is 5. The van der Waals surface area contributed by atoms with Crippen LogP contribution in [0.2, 0.25) is 0 Å². The topological polar surface area (TPSA) is 85.1 Å². The van der Waals surface area contributed by atoms with Gasteiger partial charge in [-0.15, -0.1) is 11.3 Å². The van der Waals surface area contributed by atoms with E-state index in [1.807, 2.05) is 6.92 Å². The molecule has 0 saturated carbocycles. The highest BCUT2D eigenvalue weighted by molar-refractivity contribution is 7.93. The van der Waals surface area contributed by atoms with Gasteiger partial charge in [0.2, 0.25) is 0 Å². The molecule has 0 bridgehead atoms. The second-order valence-electron chi connectivity index (χ2n) is 3.80. The zero-order valence-electron chi connectivity index (χ0n) is 9.70. The number of benzene rings is 1. The molecule has 0 radical (unpaired) electrons. The molecule has 0 aliphatic heterocycles. The molecule has 0 saturated heterocycles. The van der Waals surface area contributed by atoms with Crippen LogP contribution in [-0.2, 0) is 10.0 Å². The number of thiazole rings is 1. The highest BCUT2D eigenvalue weighted by atomic mass is 32.2. The molecule has 0 aliphatic carbocycles. The van der Waals surface area contributed by atoms with E-state index in [9.17, 15) is 8.42 Å². The second kappa shape index (κ2) is 5.05. The molecule has 0 amide bonds. The highest BCUT2D eigenvalue weighted by Gasteiger charge is 2.15. The summed E-state index contributed by atoms with van der Waals surface area (Å²) >= 11 is 1.23. The molecular formula is C11H13N3O2S2. The van der Waals surface area contributed by atoms with Crippen molar-refractivity contribution in [3.05, 3.63) is 41.4 Å². The number of nitrogens with zero attached hydrogens (tertiary/aromatic N) is 1. The van der Waals surface area contributed by atoms with Crippen molar-refractivity contribution in [3.8, 4) is 0 Å². The predicted molar refractivity (Wildman–Crippen MR) is 72.0 cm³/mol. The van der Waals surface area contributed by atoms with Crippen molar-refractivity contribution in [2.75, 3.05) is 4.72 Å². The first-order chi connectivity index (χ1) is 8.49. The summed E-state index contributed by atoms with van der Waals surface area (Å²) in [6.45, 7) is 1.84. The number of aromatic nitrogens is 1. The smallest absolute Gasteiger partial charge is 0.263 e. The van der Waals surface area contributed by atoms with Gasteiger partial charge in [-0.05, 0) is 24.6 Å². The quantitative estimate of drug-likeness (QED) is 0.898. The Morgan fingerprint density at radius 1 is 1.33 bits per heavy atom. The van der Waals surface area contributed by atoms with Crippen molar-refractivity contribution in [3.63, 3.8) is 0 Å². The van der Waals surface area contributed by atoms with Gasteiger partial charge in [-0.3, -0.25) is 4.72 Å². The molecule has 1 atom stereocenters. The van der Waals surface area contributed by atoms with Crippen LogP contribution in [0.4, 0.5) is 5.13 Å². The van der Waals surface area contributed by atoms with Crippen molar-refractivity contribution in [1.29, 1.82) is 0 Å². The Kier molecular flexibility index (Phi) is 3.65. The molecule has 2 aromatic rings. The summed E-state index contributed by atoms with van der Waals surface area (Å²) in [7, 11) is -3.57. The van der Waals surface area contributed by atoms with Crippen LogP contribution < -0.4 is 10.5 Å². The van der Waals surface area contributed by atoms with Crippen molar-refractivity contribution in [2.24, 2.45) is 5.73 Å². The van der Waals surface area contributed by atoms with Crippen LogP contribution in [0.1, 0.15) is 18.5 Å². The molecule has 0 aliphatic rings. The molecule has 5 nitrogen and oxygen atoms in total. The average Bonchev–Trinajstić information content (AvgIpc) is 2.81. The van der Waals surface area contributed by atoms with Gasteiger partial charge in [0.25, 0.3) is 10.0 Å². The van der Waals surface area contributed by atoms with Crippen LogP contribution in [0.25, 0.3) is 0 Å². The normalized spacial score (nSPS) is 13.2. The Balaban J connectivity index is 2.25. The highest BCUT2D eigenvalue weighted by Crippen LogP contribution is 2.19. The summed E-state index contributed by atoms with van der Waals surface area (Å²) in [5, 5.41) is 2.06. The van der Waals surface area contributed by atoms with Crippen LogP contribution in [-0.4, -0.2) is 13.4 Å². The molecule has 1 unspecified atom stereocenters. The molecule has 1 heterocycles. The van der Waals surface area contributed by atoms with Crippen molar-refractivity contribution >= 4 is 26.5 Å². The first-order valence-corrected chi connectivity index (χ1v) is 7.63. The van der Waals surface area contributed by atoms with E-state index < -0.39 is 10.0 Å². The lowest BCUT2D eigenvalue weighted by molar-refractivity contribution is 0.601. The predicted octanol–water partition coefficient (Wildman–Crippen LogP) is 1.96. The van der Waals surface area contributed by atoms with E-state index in [1.54, 1.807) is 23.7 Å². The minimum absolute atomic E-state index is 0.117. The zero-order chi connectivity index (χ0) is 13.2. The van der Waals surface area contributed by atoms with Gasteiger partial charge in [0.15, 0.2) is 5.13 Å². The standard InChI is InChI=1S/C11H13N3O2S2/c1-8(12)9-2-4-10(5-3-9)18(15,16)14-11-13-6-7-17-11/h2-8H,12H2,1H3,(H,13,14). The van der Waals surface area contributed by atoms with Gasteiger partial charge in [0.1, 0.15) is 0 Å². The van der Waals surface area contributed by atoms with Gasteiger partial charge in [-0.25, -0.2) is 13.4 Å². The summed E-state index contributed by atoms with van der Waals surface area (Å²) in [4.78, 5) is 4.08. The molecule has 7 heteroatoms. The minimum Gasteiger partial charge on any atom is -0.324 e. The maximum absolute atomic E-state index is 12.0. The van der Waals surface area contributed by atoms with Crippen molar-refractivity contribution in [2.45, 2.75) is 17.9 Å². The lowest BCUT2D eigenvalue weighted by Gasteiger charge is -2.08. The Bertz CT molecular complexity index is 604. The number of rotatable bonds is 4. The summed E-state index contributed by atoms with van der Waals surface area (Å²) < 4.78 is 26.4. The number of nitrogens with two attached hydrogens (primary N) is 1. The molecule has 3 N–H and O–H groups in total. The van der Waals surface area contributed by atoms with Crippen LogP contribution >= 0.6 is 11.3 Å². The van der Waals surface area contributed by atoms with Gasteiger partial charge in [-0.1, -0.05) is 12.1 Å². The van der Waals surface area contributed by atoms with E-state index in [0.717, 1.165) is 5.56 Å². The van der Waals surface area contributed by atoms with Gasteiger partial charge >= 0.3 is 0 Å². The fourth-order valence-corrected chi connectivity index (χ4v) is 3.19. The zero-order valence-corrected chi connectivity index (χ0v) is 11.3. The molecule has 2 rings (SSSR count). The van der Waals surface area contributed by atoms with Crippen LogP contribution in [0, 0.1) is 0 Å². The summed E-state index contributed by atoms with van der Waals surface area (Å²) in [6, 6.07) is 6.37. The molecular weight excluding hydrogens is 270 g/mol. The Morgan fingerprint density at radius 3 is 2.50 bits per heavy atom. The van der Waals surface area contributed by atoms with E-state index >= 15 is 0 Å². The van der Waals surface area contributed by atoms with Crippen LogP contribution in [0.5, 0.6) is 0 Å². The summed E-state index contributed by atoms with van der Waals surface area (Å²) in [5.41, 5.74) is 6.60. The van der Waals surface area contributed by atoms with E-state index in [-0.39, 0.29) is 10.9 Å². The number of nitrogens with one attached hydrogen (secondary N) is 1. The first kappa shape index (κ1) is 13.0. The Morgan fingerprint density at radius 2 is 2.00 bits per heavy atom. The van der Waals surface area contributed by atoms with Gasteiger partial charge in [0.05, 0.1) is 4.90 Å². The van der Waals surface area contributed by atoms with Gasteiger partial charge in [-0.2, -0.15) is 0 Å². The molecule has 96 valence electrons. The van der Waals surface area contributed by atoms with E-state index in [4.69, 9.17) is 5.73 Å². The fourth-order valence-electron chi connectivity index (χ4n) is 1.40. The number of sulfonamides is 1. The van der Waals surface area contributed by atoms with Crippen LogP contribution in [0.3, 0.4) is 0 Å². The second-order valence-corrected chi connectivity index (χ2v) is 6.38. The number of anilines is 1. The summed E-state index contributed by atoms with van der Waals surface area (Å²) in [6.07, 6.45) is 1.54. The van der Waals surface area contributed by atoms with E-state index in [1.165, 1.54) is 23.5 Å². The van der Waals surface area contributed by atoms with E-state index in [0.29, 0.717) is 5.13 Å². The lowest BCUT2D eigenvalue weighted by Crippen LogP contribution is -2.13. The molecule has 0 fully saturated rings. The lowest BCUT2D eigenvalue weighted by atomic mass is 10.1. The largest absolute Gasteiger partial charge is 0.324 e. The minimum atomic E-state index is -3.57. The van der Waals surface area contributed by atoms with Crippen molar-refractivity contribution < 1.29 is 8.42 Å². The third-order valence-electron chi connectivity index (χ3n) is 2.37. The van der Waals surface area contributed by atoms with Gasteiger partial charge in [0, 0.05) is 17.6 Å². The maximum Gasteiger partial charge on any atom is 0.263 e. The molecule has 1 aromatic heterocycles. The van der Waals surface area contributed by atoms with Gasteiger partial charge < -0.3 is 5.73 Å². The van der Waals surface area contributed by atoms with Crippen molar-refractivity contribution in [1.82, 2.24) is 4.98 Å². The van der Waals surface area contributed by atoms with E-state index in [2.05, 4.69) is 9.71 Å². The molecule has 0 spiro atoms. The Labute approximate surface area is 110 Å². The Hall–Kier alpha value is -1.44. The first-order valence-electron chi connectivity index (χ1n) is 5.27. The maximum atomic E-state index is 12.0. The SMILES string of the molecule is CC(N)c1ccc(S(=O)(=O)Nc2nccs2)cc1. The van der Waals surface area contributed by atoms with Crippen LogP contribution in [0.15, 0.2) is 40.7 Å². The third-order valence-corrected chi connectivity index (χ3v) is 4.54. The average molecular weight is 283 g/mol. The third kappa shape index (κ3) is 2.87. The molecule has 1 aromatic carbocycles. The monoisotopic (exact) mass is 283 g/mol.